The van der Waals surface area contributed by atoms with E-state index >= 15 is 0 Å². The molecule has 9 heteroatoms. The molecule has 0 aliphatic carbocycles. The molecule has 0 saturated heterocycles. The van der Waals surface area contributed by atoms with Gasteiger partial charge in [0.2, 0.25) is 0 Å². The molecule has 0 aliphatic heterocycles. The molecular formula is C23H20FN5O3. The fraction of sp³-hybridized carbons (Fsp3) is 0.174. The fourth-order valence-corrected chi connectivity index (χ4v) is 3.39. The highest BCUT2D eigenvalue weighted by Gasteiger charge is 2.33. The molecule has 0 radical (unpaired) electrons. The molecule has 8 nitrogen and oxygen atoms in total. The molecule has 1 aromatic carbocycles. The number of hydrogen-bond acceptors (Lipinski definition) is 5. The van der Waals surface area contributed by atoms with Gasteiger partial charge in [0, 0.05) is 24.0 Å². The molecule has 0 fully saturated rings. The standard InChI is InChI=1S/C23H20FN5O3/c1-13-16(11-26-20(27-13)18-6-4-5-9-25-18)21(30)28-29-12-17(23(2,3)22(31)32)15-10-14(24)7-8-19(15)29/h4-12H,1-3H3,(H,28,30)(H,31,32). The summed E-state index contributed by atoms with van der Waals surface area (Å²) in [6.07, 6.45) is 4.54. The average Bonchev–Trinajstić information content (AvgIpc) is 3.12. The molecule has 0 saturated carbocycles. The van der Waals surface area contributed by atoms with Crippen molar-refractivity contribution in [3.8, 4) is 11.5 Å². The lowest BCUT2D eigenvalue weighted by Crippen LogP contribution is -2.28. The largest absolute Gasteiger partial charge is 0.481 e. The second-order valence-corrected chi connectivity index (χ2v) is 7.85. The van der Waals surface area contributed by atoms with Crippen LogP contribution in [0, 0.1) is 12.7 Å². The van der Waals surface area contributed by atoms with Crippen LogP contribution in [0.2, 0.25) is 0 Å². The Morgan fingerprint density at radius 1 is 1.16 bits per heavy atom. The minimum absolute atomic E-state index is 0.243. The first kappa shape index (κ1) is 21.1. The molecule has 3 aromatic heterocycles. The van der Waals surface area contributed by atoms with Crippen LogP contribution in [-0.2, 0) is 10.2 Å². The number of nitrogens with one attached hydrogen (secondary N) is 1. The molecule has 162 valence electrons. The molecule has 32 heavy (non-hydrogen) atoms. The second-order valence-electron chi connectivity index (χ2n) is 7.85. The van der Waals surface area contributed by atoms with Gasteiger partial charge in [-0.1, -0.05) is 6.07 Å². The van der Waals surface area contributed by atoms with Crippen molar-refractivity contribution >= 4 is 22.8 Å². The minimum atomic E-state index is -1.30. The smallest absolute Gasteiger partial charge is 0.313 e. The van der Waals surface area contributed by atoms with Gasteiger partial charge >= 0.3 is 5.97 Å². The third-order valence-corrected chi connectivity index (χ3v) is 5.31. The topological polar surface area (TPSA) is 110 Å². The summed E-state index contributed by atoms with van der Waals surface area (Å²) in [5.41, 5.74) is 3.54. The number of carboxylic acids is 1. The zero-order valence-corrected chi connectivity index (χ0v) is 17.6. The number of aliphatic carboxylic acids is 1. The van der Waals surface area contributed by atoms with Crippen molar-refractivity contribution in [1.82, 2.24) is 19.6 Å². The minimum Gasteiger partial charge on any atom is -0.481 e. The maximum absolute atomic E-state index is 13.9. The van der Waals surface area contributed by atoms with E-state index in [2.05, 4.69) is 20.4 Å². The predicted octanol–water partition coefficient (Wildman–Crippen LogP) is 3.69. The van der Waals surface area contributed by atoms with E-state index in [4.69, 9.17) is 0 Å². The van der Waals surface area contributed by atoms with Crippen molar-refractivity contribution in [2.45, 2.75) is 26.2 Å². The van der Waals surface area contributed by atoms with Crippen LogP contribution in [0.4, 0.5) is 4.39 Å². The monoisotopic (exact) mass is 433 g/mol. The highest BCUT2D eigenvalue weighted by molar-refractivity contribution is 6.02. The number of benzene rings is 1. The number of amides is 1. The fourth-order valence-electron chi connectivity index (χ4n) is 3.39. The molecule has 0 bridgehead atoms. The van der Waals surface area contributed by atoms with Crippen molar-refractivity contribution in [2.24, 2.45) is 0 Å². The van der Waals surface area contributed by atoms with Crippen LogP contribution >= 0.6 is 0 Å². The number of halogens is 1. The molecule has 2 N–H and O–H groups in total. The van der Waals surface area contributed by atoms with Crippen molar-refractivity contribution in [3.63, 3.8) is 0 Å². The van der Waals surface area contributed by atoms with Crippen LogP contribution in [0.3, 0.4) is 0 Å². The highest BCUT2D eigenvalue weighted by Crippen LogP contribution is 2.32. The summed E-state index contributed by atoms with van der Waals surface area (Å²) in [5, 5.41) is 10.0. The van der Waals surface area contributed by atoms with E-state index in [1.165, 1.54) is 49.1 Å². The number of rotatable bonds is 5. The van der Waals surface area contributed by atoms with E-state index < -0.39 is 23.1 Å². The second kappa shape index (κ2) is 7.84. The maximum atomic E-state index is 13.9. The lowest BCUT2D eigenvalue weighted by atomic mass is 9.84. The Bertz CT molecular complexity index is 1350. The number of carbonyl (C=O) groups excluding carboxylic acids is 1. The molecule has 0 atom stereocenters. The van der Waals surface area contributed by atoms with Gasteiger partial charge in [0.05, 0.1) is 22.2 Å². The normalized spacial score (nSPS) is 11.5. The van der Waals surface area contributed by atoms with E-state index in [1.807, 2.05) is 6.07 Å². The van der Waals surface area contributed by atoms with Crippen LogP contribution < -0.4 is 5.43 Å². The Morgan fingerprint density at radius 3 is 2.59 bits per heavy atom. The van der Waals surface area contributed by atoms with E-state index in [1.54, 1.807) is 25.3 Å². The van der Waals surface area contributed by atoms with Gasteiger partial charge in [0.25, 0.3) is 5.91 Å². The Hall–Kier alpha value is -4.14. The Balaban J connectivity index is 1.71. The first-order valence-corrected chi connectivity index (χ1v) is 9.79. The lowest BCUT2D eigenvalue weighted by Gasteiger charge is -2.18. The Kier molecular flexibility index (Phi) is 5.17. The van der Waals surface area contributed by atoms with E-state index in [9.17, 15) is 19.1 Å². The van der Waals surface area contributed by atoms with Crippen molar-refractivity contribution < 1.29 is 19.1 Å². The van der Waals surface area contributed by atoms with Gasteiger partial charge in [0.1, 0.15) is 11.5 Å². The predicted molar refractivity (Wildman–Crippen MR) is 116 cm³/mol. The number of hydrogen-bond donors (Lipinski definition) is 2. The molecule has 0 aliphatic rings. The maximum Gasteiger partial charge on any atom is 0.313 e. The third kappa shape index (κ3) is 3.68. The van der Waals surface area contributed by atoms with Gasteiger partial charge in [-0.15, -0.1) is 0 Å². The van der Waals surface area contributed by atoms with Gasteiger partial charge in [0.15, 0.2) is 5.82 Å². The van der Waals surface area contributed by atoms with Crippen molar-refractivity contribution in [3.05, 3.63) is 77.6 Å². The summed E-state index contributed by atoms with van der Waals surface area (Å²) in [4.78, 5) is 37.6. The quantitative estimate of drug-likeness (QED) is 0.497. The summed E-state index contributed by atoms with van der Waals surface area (Å²) < 4.78 is 15.3. The molecule has 4 rings (SSSR count). The highest BCUT2D eigenvalue weighted by atomic mass is 19.1. The van der Waals surface area contributed by atoms with Crippen LogP contribution in [0.1, 0.15) is 35.5 Å². The van der Waals surface area contributed by atoms with Crippen LogP contribution in [-0.4, -0.2) is 36.6 Å². The molecular weight excluding hydrogens is 413 g/mol. The summed E-state index contributed by atoms with van der Waals surface area (Å²) in [7, 11) is 0. The molecule has 0 unspecified atom stereocenters. The van der Waals surface area contributed by atoms with Crippen molar-refractivity contribution in [2.75, 3.05) is 5.43 Å². The number of nitrogens with zero attached hydrogens (tertiary/aromatic N) is 4. The number of carbonyl (C=O) groups is 2. The van der Waals surface area contributed by atoms with Crippen molar-refractivity contribution in [1.29, 1.82) is 0 Å². The number of aromatic nitrogens is 4. The summed E-state index contributed by atoms with van der Waals surface area (Å²) in [5.74, 6) is -1.66. The summed E-state index contributed by atoms with van der Waals surface area (Å²) in [6, 6.07) is 9.36. The number of aryl methyl sites for hydroxylation is 1. The first-order valence-electron chi connectivity index (χ1n) is 9.79. The Morgan fingerprint density at radius 2 is 1.94 bits per heavy atom. The van der Waals surface area contributed by atoms with Crippen LogP contribution in [0.25, 0.3) is 22.4 Å². The van der Waals surface area contributed by atoms with E-state index in [0.717, 1.165) is 0 Å². The molecule has 4 aromatic rings. The zero-order chi connectivity index (χ0) is 23.0. The van der Waals surface area contributed by atoms with E-state index in [0.29, 0.717) is 33.7 Å². The number of carboxylic acid groups (broad SMARTS) is 1. The molecule has 3 heterocycles. The SMILES string of the molecule is Cc1nc(-c2ccccn2)ncc1C(=O)Nn1cc(C(C)(C)C(=O)O)c2cc(F)ccc21. The average molecular weight is 433 g/mol. The first-order chi connectivity index (χ1) is 15.2. The van der Waals surface area contributed by atoms with Gasteiger partial charge in [-0.2, -0.15) is 0 Å². The van der Waals surface area contributed by atoms with Crippen LogP contribution in [0.5, 0.6) is 0 Å². The zero-order valence-electron chi connectivity index (χ0n) is 17.6. The van der Waals surface area contributed by atoms with Gasteiger partial charge in [-0.25, -0.2) is 14.4 Å². The van der Waals surface area contributed by atoms with Crippen LogP contribution in [0.15, 0.2) is 55.0 Å². The molecule has 1 amide bonds. The lowest BCUT2D eigenvalue weighted by molar-refractivity contribution is -0.142. The summed E-state index contributed by atoms with van der Waals surface area (Å²) in [6.45, 7) is 4.73. The number of pyridine rings is 1. The summed E-state index contributed by atoms with van der Waals surface area (Å²) >= 11 is 0. The van der Waals surface area contributed by atoms with Gasteiger partial charge < -0.3 is 5.11 Å². The molecule has 0 spiro atoms. The van der Waals surface area contributed by atoms with Gasteiger partial charge in [-0.05, 0) is 56.7 Å². The third-order valence-electron chi connectivity index (χ3n) is 5.31. The van der Waals surface area contributed by atoms with E-state index in [-0.39, 0.29) is 5.56 Å². The van der Waals surface area contributed by atoms with Gasteiger partial charge in [-0.3, -0.25) is 24.7 Å². The number of fused-ring (bicyclic) bond motifs is 1. The Labute approximate surface area is 182 Å².